The molecule has 7 heteroatoms. The number of hydrogen-bond acceptors (Lipinski definition) is 5. The number of carbonyl (C=O) groups is 1. The predicted molar refractivity (Wildman–Crippen MR) is 115 cm³/mol. The molecule has 3 aromatic heterocycles. The maximum Gasteiger partial charge on any atom is 0.277 e. The third-order valence-corrected chi connectivity index (χ3v) is 5.59. The third kappa shape index (κ3) is 4.25. The summed E-state index contributed by atoms with van der Waals surface area (Å²) in [6.45, 7) is 5.15. The van der Waals surface area contributed by atoms with E-state index in [0.29, 0.717) is 5.13 Å². The van der Waals surface area contributed by atoms with Gasteiger partial charge in [0.1, 0.15) is 5.69 Å². The Hall–Kier alpha value is -3.32. The fourth-order valence-electron chi connectivity index (χ4n) is 3.32. The van der Waals surface area contributed by atoms with E-state index < -0.39 is 0 Å². The van der Waals surface area contributed by atoms with Gasteiger partial charge in [-0.15, -0.1) is 11.3 Å². The summed E-state index contributed by atoms with van der Waals surface area (Å²) in [6, 6.07) is 12.6. The standard InChI is InChI=1S/C22H21N5OS/c1-15-12-18(16(2)27(15)11-8-17-6-4-3-5-7-17)20-14-29-22(25-20)26-21(28)19-13-23-9-10-24-19/h3-7,9-10,12-14H,8,11H2,1-2H3,(H,25,26,28). The number of aryl methyl sites for hydroxylation is 2. The molecule has 0 aliphatic rings. The molecule has 0 spiro atoms. The van der Waals surface area contributed by atoms with Gasteiger partial charge < -0.3 is 4.57 Å². The topological polar surface area (TPSA) is 72.7 Å². The van der Waals surface area contributed by atoms with Crippen molar-refractivity contribution in [1.29, 1.82) is 0 Å². The number of carbonyl (C=O) groups excluding carboxylic acids is 1. The van der Waals surface area contributed by atoms with Crippen molar-refractivity contribution in [3.05, 3.63) is 83.0 Å². The average Bonchev–Trinajstić information content (AvgIpc) is 3.32. The molecule has 0 radical (unpaired) electrons. The maximum atomic E-state index is 12.3. The average molecular weight is 404 g/mol. The molecule has 0 saturated heterocycles. The van der Waals surface area contributed by atoms with Gasteiger partial charge in [-0.3, -0.25) is 15.1 Å². The van der Waals surface area contributed by atoms with Gasteiger partial charge in [-0.1, -0.05) is 30.3 Å². The van der Waals surface area contributed by atoms with Crippen LogP contribution in [0.15, 0.2) is 60.4 Å². The van der Waals surface area contributed by atoms with Gasteiger partial charge in [0.25, 0.3) is 5.91 Å². The second kappa shape index (κ2) is 8.36. The molecule has 29 heavy (non-hydrogen) atoms. The highest BCUT2D eigenvalue weighted by atomic mass is 32.1. The first kappa shape index (κ1) is 19.0. The lowest BCUT2D eigenvalue weighted by atomic mass is 10.1. The normalized spacial score (nSPS) is 10.8. The summed E-state index contributed by atoms with van der Waals surface area (Å²) in [5.74, 6) is -0.313. The Bertz CT molecular complexity index is 1120. The Morgan fingerprint density at radius 1 is 1.17 bits per heavy atom. The molecule has 1 amide bonds. The van der Waals surface area contributed by atoms with Gasteiger partial charge in [0.05, 0.1) is 11.9 Å². The second-order valence-electron chi connectivity index (χ2n) is 6.75. The number of hydrogen-bond donors (Lipinski definition) is 1. The zero-order valence-electron chi connectivity index (χ0n) is 16.3. The van der Waals surface area contributed by atoms with Crippen LogP contribution in [0.2, 0.25) is 0 Å². The minimum Gasteiger partial charge on any atom is -0.348 e. The van der Waals surface area contributed by atoms with Gasteiger partial charge in [0.15, 0.2) is 5.13 Å². The van der Waals surface area contributed by atoms with Crippen molar-refractivity contribution in [3.8, 4) is 11.3 Å². The minimum atomic E-state index is -0.313. The van der Waals surface area contributed by atoms with E-state index in [0.717, 1.165) is 24.2 Å². The number of rotatable bonds is 6. The summed E-state index contributed by atoms with van der Waals surface area (Å²) in [5, 5.41) is 5.31. The number of nitrogens with one attached hydrogen (secondary N) is 1. The Labute approximate surface area is 173 Å². The van der Waals surface area contributed by atoms with Crippen LogP contribution in [0.3, 0.4) is 0 Å². The van der Waals surface area contributed by atoms with E-state index in [-0.39, 0.29) is 11.6 Å². The van der Waals surface area contributed by atoms with Crippen LogP contribution in [0.5, 0.6) is 0 Å². The third-order valence-electron chi connectivity index (χ3n) is 4.84. The molecule has 0 aliphatic heterocycles. The molecule has 1 aromatic carbocycles. The second-order valence-corrected chi connectivity index (χ2v) is 7.61. The molecule has 146 valence electrons. The Morgan fingerprint density at radius 3 is 2.76 bits per heavy atom. The van der Waals surface area contributed by atoms with Crippen LogP contribution in [0.1, 0.15) is 27.4 Å². The van der Waals surface area contributed by atoms with Gasteiger partial charge in [-0.25, -0.2) is 9.97 Å². The molecule has 0 aliphatic carbocycles. The summed E-state index contributed by atoms with van der Waals surface area (Å²) in [5.41, 5.74) is 5.92. The molecule has 4 rings (SSSR count). The number of nitrogens with zero attached hydrogens (tertiary/aromatic N) is 4. The Morgan fingerprint density at radius 2 is 2.00 bits per heavy atom. The highest BCUT2D eigenvalue weighted by Crippen LogP contribution is 2.30. The smallest absolute Gasteiger partial charge is 0.277 e. The quantitative estimate of drug-likeness (QED) is 0.514. The number of thiazole rings is 1. The van der Waals surface area contributed by atoms with Crippen LogP contribution in [-0.2, 0) is 13.0 Å². The van der Waals surface area contributed by atoms with Crippen LogP contribution in [0.4, 0.5) is 5.13 Å². The van der Waals surface area contributed by atoms with Crippen LogP contribution in [0, 0.1) is 13.8 Å². The first-order valence-corrected chi connectivity index (χ1v) is 10.2. The van der Waals surface area contributed by atoms with Crippen LogP contribution in [-0.4, -0.2) is 25.4 Å². The van der Waals surface area contributed by atoms with E-state index in [2.05, 4.69) is 69.0 Å². The predicted octanol–water partition coefficient (Wildman–Crippen LogP) is 4.51. The largest absolute Gasteiger partial charge is 0.348 e. The molecule has 3 heterocycles. The lowest BCUT2D eigenvalue weighted by molar-refractivity contribution is 0.102. The molecular formula is C22H21N5OS. The van der Waals surface area contributed by atoms with E-state index in [1.165, 1.54) is 46.9 Å². The van der Waals surface area contributed by atoms with Gasteiger partial charge in [0, 0.05) is 41.3 Å². The first-order valence-electron chi connectivity index (χ1n) is 9.36. The summed E-state index contributed by atoms with van der Waals surface area (Å²) >= 11 is 1.40. The van der Waals surface area contributed by atoms with Crippen molar-refractivity contribution >= 4 is 22.4 Å². The number of anilines is 1. The first-order chi connectivity index (χ1) is 14.1. The summed E-state index contributed by atoms with van der Waals surface area (Å²) in [7, 11) is 0. The van der Waals surface area contributed by atoms with E-state index in [9.17, 15) is 4.79 Å². The van der Waals surface area contributed by atoms with E-state index in [4.69, 9.17) is 0 Å². The molecule has 6 nitrogen and oxygen atoms in total. The van der Waals surface area contributed by atoms with E-state index in [1.807, 2.05) is 11.4 Å². The fourth-order valence-corrected chi connectivity index (χ4v) is 4.03. The van der Waals surface area contributed by atoms with E-state index in [1.54, 1.807) is 0 Å². The zero-order chi connectivity index (χ0) is 20.2. The number of aromatic nitrogens is 4. The van der Waals surface area contributed by atoms with Crippen molar-refractivity contribution in [2.45, 2.75) is 26.8 Å². The number of amides is 1. The van der Waals surface area contributed by atoms with Crippen LogP contribution < -0.4 is 5.32 Å². The minimum absolute atomic E-state index is 0.267. The van der Waals surface area contributed by atoms with Crippen molar-refractivity contribution in [2.24, 2.45) is 0 Å². The van der Waals surface area contributed by atoms with Gasteiger partial charge >= 0.3 is 0 Å². The summed E-state index contributed by atoms with van der Waals surface area (Å²) in [6.07, 6.45) is 5.44. The lowest BCUT2D eigenvalue weighted by Crippen LogP contribution is -2.13. The lowest BCUT2D eigenvalue weighted by Gasteiger charge is -2.09. The van der Waals surface area contributed by atoms with Gasteiger partial charge in [-0.2, -0.15) is 0 Å². The van der Waals surface area contributed by atoms with Crippen LogP contribution in [0.25, 0.3) is 11.3 Å². The van der Waals surface area contributed by atoms with Crippen LogP contribution >= 0.6 is 11.3 Å². The summed E-state index contributed by atoms with van der Waals surface area (Å²) < 4.78 is 2.32. The van der Waals surface area contributed by atoms with Gasteiger partial charge in [-0.05, 0) is 31.9 Å². The highest BCUT2D eigenvalue weighted by Gasteiger charge is 2.15. The molecule has 0 bridgehead atoms. The summed E-state index contributed by atoms with van der Waals surface area (Å²) in [4.78, 5) is 24.8. The monoisotopic (exact) mass is 403 g/mol. The van der Waals surface area contributed by atoms with Crippen molar-refractivity contribution in [1.82, 2.24) is 19.5 Å². The molecule has 0 unspecified atom stereocenters. The Balaban J connectivity index is 1.50. The molecular weight excluding hydrogens is 382 g/mol. The molecule has 1 N–H and O–H groups in total. The maximum absolute atomic E-state index is 12.3. The van der Waals surface area contributed by atoms with E-state index >= 15 is 0 Å². The van der Waals surface area contributed by atoms with Crippen molar-refractivity contribution < 1.29 is 4.79 Å². The molecule has 0 atom stereocenters. The SMILES string of the molecule is Cc1cc(-c2csc(NC(=O)c3cnccn3)n2)c(C)n1CCc1ccccc1. The molecule has 0 fully saturated rings. The number of benzene rings is 1. The Kier molecular flexibility index (Phi) is 5.48. The van der Waals surface area contributed by atoms with Crippen molar-refractivity contribution in [2.75, 3.05) is 5.32 Å². The highest BCUT2D eigenvalue weighted by molar-refractivity contribution is 7.14. The molecule has 0 saturated carbocycles. The van der Waals surface area contributed by atoms with Gasteiger partial charge in [0.2, 0.25) is 0 Å². The van der Waals surface area contributed by atoms with Crippen molar-refractivity contribution in [3.63, 3.8) is 0 Å². The zero-order valence-corrected chi connectivity index (χ0v) is 17.1. The fraction of sp³-hybridized carbons (Fsp3) is 0.182. The molecule has 4 aromatic rings.